The highest BCUT2D eigenvalue weighted by molar-refractivity contribution is 5.10. The van der Waals surface area contributed by atoms with E-state index in [4.69, 9.17) is 5.11 Å². The Morgan fingerprint density at radius 3 is 1.21 bits per heavy atom. The minimum Gasteiger partial charge on any atom is -0.396 e. The van der Waals surface area contributed by atoms with Crippen LogP contribution in [0.25, 0.3) is 0 Å². The first-order valence-corrected chi connectivity index (χ1v) is 12.6. The number of aliphatic hydroxyl groups excluding tert-OH is 1. The molecule has 0 rings (SSSR count). The van der Waals surface area contributed by atoms with E-state index >= 15 is 0 Å². The van der Waals surface area contributed by atoms with Crippen LogP contribution in [0.2, 0.25) is 0 Å². The van der Waals surface area contributed by atoms with Gasteiger partial charge in [-0.1, -0.05) is 38.5 Å². The lowest BCUT2D eigenvalue weighted by molar-refractivity contribution is -0.926. The van der Waals surface area contributed by atoms with Gasteiger partial charge in [-0.15, -0.1) is 0 Å². The van der Waals surface area contributed by atoms with E-state index in [0.29, 0.717) is 12.8 Å². The molecule has 0 aliphatic heterocycles. The number of halogens is 13. The van der Waals surface area contributed by atoms with Gasteiger partial charge < -0.3 is 9.59 Å². The van der Waals surface area contributed by atoms with Crippen molar-refractivity contribution in [3.05, 3.63) is 0 Å². The van der Waals surface area contributed by atoms with Crippen LogP contribution < -0.4 is 0 Å². The summed E-state index contributed by atoms with van der Waals surface area (Å²) in [5, 5.41) is 8.71. The maximum atomic E-state index is 14.2. The summed E-state index contributed by atoms with van der Waals surface area (Å²) in [5.41, 5.74) is 0. The number of alkyl halides is 13. The Morgan fingerprint density at radius 1 is 0.474 bits per heavy atom. The topological polar surface area (TPSA) is 20.2 Å². The molecule has 0 heterocycles. The van der Waals surface area contributed by atoms with E-state index in [0.717, 1.165) is 44.9 Å². The van der Waals surface area contributed by atoms with E-state index in [1.165, 1.54) is 13.8 Å². The lowest BCUT2D eigenvalue weighted by atomic mass is 9.92. The smallest absolute Gasteiger partial charge is 0.396 e. The first-order chi connectivity index (χ1) is 17.1. The quantitative estimate of drug-likeness (QED) is 0.0857. The van der Waals surface area contributed by atoms with Crippen LogP contribution in [0, 0.1) is 0 Å². The van der Waals surface area contributed by atoms with Crippen molar-refractivity contribution in [2.24, 2.45) is 0 Å². The Bertz CT molecular complexity index is 677. The van der Waals surface area contributed by atoms with E-state index in [1.807, 2.05) is 0 Å². The highest BCUT2D eigenvalue weighted by Gasteiger charge is 2.90. The molecule has 2 nitrogen and oxygen atoms in total. The fourth-order valence-corrected chi connectivity index (χ4v) is 4.10. The standard InChI is InChI=1S/C23H37F13NO/c1-3-37(4-2,15-12-10-8-6-5-7-9-11-13-17-38)16-14-18(24,25)19(26,27)20(28,29)21(30,31)22(32,33)23(34,35)36/h38H,3-17H2,1-2H3/q+1. The molecule has 0 aromatic heterocycles. The molecule has 0 aromatic carbocycles. The van der Waals surface area contributed by atoms with E-state index in [9.17, 15) is 57.1 Å². The predicted octanol–water partition coefficient (Wildman–Crippen LogP) is 8.48. The molecule has 0 saturated carbocycles. The molecule has 0 amide bonds. The Labute approximate surface area is 214 Å². The van der Waals surface area contributed by atoms with Gasteiger partial charge in [-0.05, 0) is 33.1 Å². The van der Waals surface area contributed by atoms with E-state index in [-0.39, 0.29) is 30.7 Å². The van der Waals surface area contributed by atoms with Gasteiger partial charge in [-0.2, -0.15) is 57.1 Å². The van der Waals surface area contributed by atoms with Gasteiger partial charge in [0.05, 0.1) is 32.6 Å². The minimum absolute atomic E-state index is 0.0711. The van der Waals surface area contributed by atoms with Gasteiger partial charge in [0.25, 0.3) is 0 Å². The lowest BCUT2D eigenvalue weighted by Crippen LogP contribution is -2.70. The molecule has 230 valence electrons. The molecular weight excluding hydrogens is 553 g/mol. The van der Waals surface area contributed by atoms with Crippen molar-refractivity contribution in [1.82, 2.24) is 0 Å². The first-order valence-electron chi connectivity index (χ1n) is 12.6. The van der Waals surface area contributed by atoms with Gasteiger partial charge in [-0.3, -0.25) is 0 Å². The predicted molar refractivity (Wildman–Crippen MR) is 115 cm³/mol. The van der Waals surface area contributed by atoms with Crippen LogP contribution in [0.3, 0.4) is 0 Å². The number of rotatable bonds is 20. The third kappa shape index (κ3) is 8.26. The highest BCUT2D eigenvalue weighted by Crippen LogP contribution is 2.60. The van der Waals surface area contributed by atoms with Gasteiger partial charge in [-0.25, -0.2) is 0 Å². The molecule has 0 unspecified atom stereocenters. The van der Waals surface area contributed by atoms with E-state index in [1.54, 1.807) is 0 Å². The molecule has 1 N–H and O–H groups in total. The van der Waals surface area contributed by atoms with Crippen molar-refractivity contribution in [2.75, 3.05) is 32.8 Å². The highest BCUT2D eigenvalue weighted by atomic mass is 19.4. The third-order valence-corrected chi connectivity index (χ3v) is 7.03. The first kappa shape index (κ1) is 37.0. The zero-order valence-corrected chi connectivity index (χ0v) is 21.4. The number of hydrogen-bond donors (Lipinski definition) is 1. The zero-order valence-electron chi connectivity index (χ0n) is 21.4. The van der Waals surface area contributed by atoms with Crippen molar-refractivity contribution >= 4 is 0 Å². The van der Waals surface area contributed by atoms with Gasteiger partial charge in [0.2, 0.25) is 0 Å². The molecule has 0 spiro atoms. The number of unbranched alkanes of at least 4 members (excludes halogenated alkanes) is 8. The SMILES string of the molecule is CC[N+](CC)(CCCCCCCCCCCO)CCC(F)(F)C(F)(F)C(F)(F)C(F)(F)C(F)(F)C(F)(F)F. The summed E-state index contributed by atoms with van der Waals surface area (Å²) in [5.74, 6) is -36.5. The number of nitrogens with zero attached hydrogens (tertiary/aromatic N) is 1. The molecule has 0 aliphatic rings. The molecule has 0 bridgehead atoms. The van der Waals surface area contributed by atoms with Crippen LogP contribution in [-0.2, 0) is 0 Å². The third-order valence-electron chi connectivity index (χ3n) is 7.03. The normalized spacial score (nSPS) is 14.8. The van der Waals surface area contributed by atoms with Crippen molar-refractivity contribution in [2.45, 2.75) is 114 Å². The maximum Gasteiger partial charge on any atom is 0.460 e. The minimum atomic E-state index is -7.86. The zero-order chi connectivity index (χ0) is 30.1. The summed E-state index contributed by atoms with van der Waals surface area (Å²) in [4.78, 5) is 0. The van der Waals surface area contributed by atoms with Crippen LogP contribution >= 0.6 is 0 Å². The second kappa shape index (κ2) is 14.1. The van der Waals surface area contributed by atoms with Gasteiger partial charge in [0.15, 0.2) is 0 Å². The molecule has 0 aliphatic carbocycles. The fourth-order valence-electron chi connectivity index (χ4n) is 4.10. The molecule has 0 atom stereocenters. The Hall–Kier alpha value is -0.990. The molecular formula is C23H37F13NO+. The molecule has 0 fully saturated rings. The second-order valence-electron chi connectivity index (χ2n) is 9.58. The van der Waals surface area contributed by atoms with Crippen LogP contribution in [0.1, 0.15) is 78.1 Å². The molecule has 38 heavy (non-hydrogen) atoms. The average Bonchev–Trinajstić information content (AvgIpc) is 2.81. The summed E-state index contributed by atoms with van der Waals surface area (Å²) in [6.07, 6.45) is -2.33. The Kier molecular flexibility index (Phi) is 13.7. The monoisotopic (exact) mass is 590 g/mol. The van der Waals surface area contributed by atoms with Gasteiger partial charge in [0, 0.05) is 6.61 Å². The number of aliphatic hydroxyl groups is 1. The van der Waals surface area contributed by atoms with Crippen LogP contribution in [-0.4, -0.2) is 78.2 Å². The lowest BCUT2D eigenvalue weighted by Gasteiger charge is -2.42. The summed E-state index contributed by atoms with van der Waals surface area (Å²) in [6, 6.07) is 0. The van der Waals surface area contributed by atoms with Crippen LogP contribution in [0.4, 0.5) is 57.1 Å². The number of hydrogen-bond acceptors (Lipinski definition) is 1. The van der Waals surface area contributed by atoms with Crippen molar-refractivity contribution in [1.29, 1.82) is 0 Å². The summed E-state index contributed by atoms with van der Waals surface area (Å²) < 4.78 is 173. The maximum absolute atomic E-state index is 14.2. The van der Waals surface area contributed by atoms with Gasteiger partial charge >= 0.3 is 35.8 Å². The molecule has 15 heteroatoms. The summed E-state index contributed by atoms with van der Waals surface area (Å²) in [7, 11) is 0. The van der Waals surface area contributed by atoms with Crippen LogP contribution in [0.15, 0.2) is 0 Å². The number of quaternary nitrogens is 1. The summed E-state index contributed by atoms with van der Waals surface area (Å²) in [6.45, 7) is 2.50. The van der Waals surface area contributed by atoms with Gasteiger partial charge in [0.1, 0.15) is 0 Å². The average molecular weight is 591 g/mol. The molecule has 0 radical (unpaired) electrons. The Morgan fingerprint density at radius 2 is 0.842 bits per heavy atom. The van der Waals surface area contributed by atoms with Crippen molar-refractivity contribution in [3.8, 4) is 0 Å². The van der Waals surface area contributed by atoms with Crippen LogP contribution in [0.5, 0.6) is 0 Å². The van der Waals surface area contributed by atoms with Crippen molar-refractivity contribution < 1.29 is 66.7 Å². The van der Waals surface area contributed by atoms with E-state index in [2.05, 4.69) is 0 Å². The van der Waals surface area contributed by atoms with Crippen molar-refractivity contribution in [3.63, 3.8) is 0 Å². The molecule has 0 saturated heterocycles. The summed E-state index contributed by atoms with van der Waals surface area (Å²) >= 11 is 0. The largest absolute Gasteiger partial charge is 0.460 e. The second-order valence-corrected chi connectivity index (χ2v) is 9.58. The van der Waals surface area contributed by atoms with E-state index < -0.39 is 48.8 Å². The fraction of sp³-hybridized carbons (Fsp3) is 1.00. The molecule has 0 aromatic rings. The Balaban J connectivity index is 5.29.